The number of amides is 1. The average Bonchev–Trinajstić information content (AvgIpc) is 4.40. The van der Waals surface area contributed by atoms with E-state index in [-0.39, 0.29) is 57.7 Å². The summed E-state index contributed by atoms with van der Waals surface area (Å²) in [5.74, 6) is -4.32. The zero-order valence-electron chi connectivity index (χ0n) is 47.8. The molecule has 0 aliphatic carbocycles. The standard InChI is InChI=1S/C10H7N3O3.C10H15N3O3.C9H8N4O2.C9H9N3O3.C9H13N3O3.C6H6N2O3/c14-10(15)8-4-9(13-6-12-8)16-7-2-1-3-11-5-7;1-13(2)4-3-5-16-9-6-8(10(14)15)11-7-12-9;1-6-2-3-12-13(6)8-4-7(9(14)15)10-5-11-8;13-8-2-1-3-12(8)7-4-6(9(14)15)10-5-11-7;1-12(2)3-4-15-8-5-7(9(13)14)10-6-11-8;1-11-5-2-4(6(9)10)7-3-8-5/h1-6H,(H,14,15);6-7H,3-5H2,1-2H3,(H,14,15);2-5H,1H3,(H,14,15);4-5H,1-3H2,(H,14,15);5-6H,3-4H2,1-2H3,(H,13,14);2-3H,1H3,(H,9,10). The number of likely N-dealkylation sites (N-methyl/N-ethyl adjacent to an activating group) is 1. The van der Waals surface area contributed by atoms with Crippen LogP contribution in [0.1, 0.15) is 87.9 Å². The van der Waals surface area contributed by atoms with Crippen LogP contribution in [0.2, 0.25) is 0 Å². The van der Waals surface area contributed by atoms with Gasteiger partial charge in [-0.05, 0) is 66.2 Å². The number of ether oxygens (including phenoxy) is 4. The van der Waals surface area contributed by atoms with Gasteiger partial charge < -0.3 is 59.4 Å². The highest BCUT2D eigenvalue weighted by Gasteiger charge is 2.24. The number of hydrogen-bond donors (Lipinski definition) is 6. The molecule has 1 aliphatic heterocycles. The van der Waals surface area contributed by atoms with Crippen LogP contribution >= 0.6 is 0 Å². The molecule has 0 bridgehead atoms. The minimum absolute atomic E-state index is 0.0231. The largest absolute Gasteiger partial charge is 0.481 e. The Morgan fingerprint density at radius 3 is 1.39 bits per heavy atom. The second-order valence-corrected chi connectivity index (χ2v) is 17.5. The number of nitrogens with zero attached hydrogens (tertiary/aromatic N) is 18. The van der Waals surface area contributed by atoms with Crippen molar-refractivity contribution in [3.63, 3.8) is 0 Å². The first-order valence-corrected chi connectivity index (χ1v) is 25.3. The van der Waals surface area contributed by atoms with Crippen LogP contribution in [0, 0.1) is 6.92 Å². The van der Waals surface area contributed by atoms with Crippen molar-refractivity contribution in [1.82, 2.24) is 84.4 Å². The molecule has 8 aromatic rings. The highest BCUT2D eigenvalue weighted by atomic mass is 16.5. The molecular formula is C53H58N18O17. The molecule has 9 rings (SSSR count). The summed E-state index contributed by atoms with van der Waals surface area (Å²) < 4.78 is 22.1. The Hall–Kier alpha value is -11.8. The van der Waals surface area contributed by atoms with Crippen LogP contribution in [0.3, 0.4) is 0 Å². The molecule has 9 heterocycles. The Kier molecular flexibility index (Phi) is 28.2. The highest BCUT2D eigenvalue weighted by Crippen LogP contribution is 2.20. The van der Waals surface area contributed by atoms with Crippen LogP contribution in [-0.4, -0.2) is 225 Å². The van der Waals surface area contributed by atoms with Gasteiger partial charge in [-0.3, -0.25) is 14.7 Å². The number of pyridine rings is 1. The fraction of sp³-hybridized carbons (Fsp3) is 0.264. The summed E-state index contributed by atoms with van der Waals surface area (Å²) in [6.07, 6.45) is 13.9. The number of carbonyl (C=O) groups excluding carboxylic acids is 1. The van der Waals surface area contributed by atoms with E-state index < -0.39 is 35.8 Å². The van der Waals surface area contributed by atoms with E-state index in [4.69, 9.17) is 49.6 Å². The third kappa shape index (κ3) is 24.6. The van der Waals surface area contributed by atoms with E-state index in [2.05, 4.69) is 69.9 Å². The van der Waals surface area contributed by atoms with Crippen LogP contribution in [0.15, 0.2) is 111 Å². The van der Waals surface area contributed by atoms with E-state index in [9.17, 15) is 33.6 Å². The van der Waals surface area contributed by atoms with E-state index in [1.54, 1.807) is 29.2 Å². The Balaban J connectivity index is 0.000000227. The second kappa shape index (κ2) is 36.1. The Labute approximate surface area is 499 Å². The minimum Gasteiger partial charge on any atom is -0.481 e. The van der Waals surface area contributed by atoms with Gasteiger partial charge in [0.05, 0.1) is 19.9 Å². The predicted octanol–water partition coefficient (Wildman–Crippen LogP) is 3.14. The SMILES string of the molecule is CN(C)CCCOc1cc(C(=O)O)ncn1.CN(C)CCOc1cc(C(=O)O)ncn1.COc1cc(C(=O)O)ncn1.Cc1ccnn1-c1cc(C(=O)O)ncn1.O=C(O)c1cc(N2CCCC2=O)ncn1.O=C(O)c1cc(Oc2cccnc2)ncn1. The predicted molar refractivity (Wildman–Crippen MR) is 301 cm³/mol. The maximum Gasteiger partial charge on any atom is 0.354 e. The van der Waals surface area contributed by atoms with Crippen molar-refractivity contribution in [2.45, 2.75) is 26.2 Å². The third-order valence-electron chi connectivity index (χ3n) is 10.4. The number of rotatable bonds is 20. The van der Waals surface area contributed by atoms with Gasteiger partial charge in [-0.15, -0.1) is 0 Å². The lowest BCUT2D eigenvalue weighted by Crippen LogP contribution is -2.25. The van der Waals surface area contributed by atoms with Gasteiger partial charge in [-0.1, -0.05) is 0 Å². The van der Waals surface area contributed by atoms with Gasteiger partial charge in [0.2, 0.25) is 29.4 Å². The Morgan fingerprint density at radius 1 is 0.523 bits per heavy atom. The molecule has 0 radical (unpaired) electrons. The number of methoxy groups -OCH3 is 1. The van der Waals surface area contributed by atoms with Gasteiger partial charge in [-0.25, -0.2) is 93.3 Å². The zero-order valence-corrected chi connectivity index (χ0v) is 47.8. The number of carboxylic acids is 6. The Morgan fingerprint density at radius 2 is 0.955 bits per heavy atom. The van der Waals surface area contributed by atoms with E-state index in [1.165, 1.54) is 73.6 Å². The number of aromatic carboxylic acids is 6. The van der Waals surface area contributed by atoms with Crippen LogP contribution < -0.4 is 23.8 Å². The first kappa shape index (κ1) is 68.7. The van der Waals surface area contributed by atoms with Crippen molar-refractivity contribution in [3.8, 4) is 35.1 Å². The lowest BCUT2D eigenvalue weighted by Gasteiger charge is -2.13. The fourth-order valence-electron chi connectivity index (χ4n) is 6.26. The van der Waals surface area contributed by atoms with Crippen LogP contribution in [0.5, 0.6) is 29.3 Å². The lowest BCUT2D eigenvalue weighted by atomic mass is 10.4. The molecule has 35 nitrogen and oxygen atoms in total. The van der Waals surface area contributed by atoms with Gasteiger partial charge in [0.25, 0.3) is 0 Å². The van der Waals surface area contributed by atoms with Crippen LogP contribution in [-0.2, 0) is 4.79 Å². The number of anilines is 1. The summed E-state index contributed by atoms with van der Waals surface area (Å²) in [5, 5.41) is 56.0. The zero-order chi connectivity index (χ0) is 64.5. The number of aromatic nitrogens is 15. The summed E-state index contributed by atoms with van der Waals surface area (Å²) >= 11 is 0. The smallest absolute Gasteiger partial charge is 0.354 e. The molecule has 462 valence electrons. The maximum atomic E-state index is 11.4. The number of carbonyl (C=O) groups is 7. The molecule has 0 spiro atoms. The monoisotopic (exact) mass is 1220 g/mol. The van der Waals surface area contributed by atoms with E-state index in [1.807, 2.05) is 51.0 Å². The first-order valence-electron chi connectivity index (χ1n) is 25.3. The van der Waals surface area contributed by atoms with Gasteiger partial charge >= 0.3 is 35.8 Å². The first-order chi connectivity index (χ1) is 42.0. The minimum atomic E-state index is -1.13. The van der Waals surface area contributed by atoms with Crippen LogP contribution in [0.4, 0.5) is 5.82 Å². The van der Waals surface area contributed by atoms with E-state index in [0.29, 0.717) is 49.4 Å². The molecule has 0 unspecified atom stereocenters. The van der Waals surface area contributed by atoms with Crippen molar-refractivity contribution in [2.24, 2.45) is 0 Å². The van der Waals surface area contributed by atoms with Crippen molar-refractivity contribution in [2.75, 3.05) is 73.0 Å². The molecule has 8 aromatic heterocycles. The van der Waals surface area contributed by atoms with E-state index >= 15 is 0 Å². The van der Waals surface area contributed by atoms with E-state index in [0.717, 1.165) is 50.6 Å². The Bertz CT molecular complexity index is 3580. The highest BCUT2D eigenvalue weighted by molar-refractivity contribution is 5.95. The average molecular weight is 1220 g/mol. The van der Waals surface area contributed by atoms with Gasteiger partial charge in [0.15, 0.2) is 40.0 Å². The molecule has 1 fully saturated rings. The number of carboxylic acid groups (broad SMARTS) is 6. The topological polar surface area (TPSA) is 473 Å². The quantitative estimate of drug-likeness (QED) is 0.0597. The van der Waals surface area contributed by atoms with Gasteiger partial charge in [-0.2, -0.15) is 5.10 Å². The summed E-state index contributed by atoms with van der Waals surface area (Å²) in [6.45, 7) is 5.07. The van der Waals surface area contributed by atoms with Crippen molar-refractivity contribution in [1.29, 1.82) is 0 Å². The lowest BCUT2D eigenvalue weighted by molar-refractivity contribution is -0.117. The fourth-order valence-corrected chi connectivity index (χ4v) is 6.26. The molecule has 1 amide bonds. The molecule has 1 aliphatic rings. The number of aryl methyl sites for hydroxylation is 1. The summed E-state index contributed by atoms with van der Waals surface area (Å²) in [6, 6.07) is 13.0. The van der Waals surface area contributed by atoms with Gasteiger partial charge in [0.1, 0.15) is 56.1 Å². The van der Waals surface area contributed by atoms with Crippen molar-refractivity contribution in [3.05, 3.63) is 151 Å². The second-order valence-electron chi connectivity index (χ2n) is 17.5. The third-order valence-corrected chi connectivity index (χ3v) is 10.4. The molecule has 35 heteroatoms. The summed E-state index contributed by atoms with van der Waals surface area (Å²) in [7, 11) is 9.21. The molecular weight excluding hydrogens is 1160 g/mol. The molecule has 6 N–H and O–H groups in total. The maximum absolute atomic E-state index is 11.4. The van der Waals surface area contributed by atoms with Gasteiger partial charge in [0, 0.05) is 80.5 Å². The van der Waals surface area contributed by atoms with Crippen LogP contribution in [0.25, 0.3) is 5.82 Å². The summed E-state index contributed by atoms with van der Waals surface area (Å²) in [4.78, 5) is 129. The molecule has 88 heavy (non-hydrogen) atoms. The molecule has 0 saturated carbocycles. The molecule has 0 aromatic carbocycles. The van der Waals surface area contributed by atoms with Crippen molar-refractivity contribution >= 4 is 47.5 Å². The number of hydrogen-bond acceptors (Lipinski definition) is 27. The summed E-state index contributed by atoms with van der Waals surface area (Å²) in [5.41, 5.74) is 0.424. The van der Waals surface area contributed by atoms with Crippen molar-refractivity contribution < 1.29 is 83.1 Å². The normalized spacial score (nSPS) is 11.0. The molecule has 0 atom stereocenters. The molecule has 1 saturated heterocycles.